The average Bonchev–Trinajstić information content (AvgIpc) is 2.16. The van der Waals surface area contributed by atoms with Crippen molar-refractivity contribution in [1.82, 2.24) is 4.98 Å². The Bertz CT molecular complexity index is 330. The first-order chi connectivity index (χ1) is 6.61. The van der Waals surface area contributed by atoms with Crippen molar-refractivity contribution < 1.29 is 14.6 Å². The largest absolute Gasteiger partial charge is 0.479 e. The fourth-order valence-electron chi connectivity index (χ4n) is 0.807. The van der Waals surface area contributed by atoms with Crippen molar-refractivity contribution in [3.05, 3.63) is 29.0 Å². The zero-order valence-corrected chi connectivity index (χ0v) is 8.36. The highest BCUT2D eigenvalue weighted by Crippen LogP contribution is 2.14. The third-order valence-corrected chi connectivity index (χ3v) is 2.03. The van der Waals surface area contributed by atoms with Gasteiger partial charge in [-0.3, -0.25) is 4.98 Å². The van der Waals surface area contributed by atoms with E-state index < -0.39 is 12.1 Å². The number of rotatable bonds is 4. The van der Waals surface area contributed by atoms with Crippen LogP contribution < -0.4 is 0 Å². The number of aromatic nitrogens is 1. The van der Waals surface area contributed by atoms with Crippen LogP contribution in [0.3, 0.4) is 0 Å². The van der Waals surface area contributed by atoms with Gasteiger partial charge in [-0.2, -0.15) is 0 Å². The number of nitrogens with zero attached hydrogens (tertiary/aromatic N) is 1. The quantitative estimate of drug-likeness (QED) is 0.831. The van der Waals surface area contributed by atoms with Crippen molar-refractivity contribution in [1.29, 1.82) is 0 Å². The van der Waals surface area contributed by atoms with E-state index in [2.05, 4.69) is 4.98 Å². The monoisotopic (exact) mass is 215 g/mol. The Balaban J connectivity index is 2.54. The number of hydrogen-bond donors (Lipinski definition) is 1. The summed E-state index contributed by atoms with van der Waals surface area (Å²) in [5.74, 6) is -0.991. The maximum atomic E-state index is 10.4. The molecular formula is C9H10ClNO3. The van der Waals surface area contributed by atoms with E-state index in [1.54, 1.807) is 12.3 Å². The Labute approximate surface area is 86.5 Å². The molecule has 4 nitrogen and oxygen atoms in total. The van der Waals surface area contributed by atoms with E-state index in [9.17, 15) is 4.79 Å². The van der Waals surface area contributed by atoms with Crippen LogP contribution in [0.2, 0.25) is 5.02 Å². The van der Waals surface area contributed by atoms with Crippen molar-refractivity contribution in [3.8, 4) is 0 Å². The van der Waals surface area contributed by atoms with Gasteiger partial charge in [0, 0.05) is 12.4 Å². The molecule has 1 atom stereocenters. The normalized spacial score (nSPS) is 12.4. The van der Waals surface area contributed by atoms with Crippen molar-refractivity contribution >= 4 is 17.6 Å². The number of hydrogen-bond acceptors (Lipinski definition) is 3. The lowest BCUT2D eigenvalue weighted by Gasteiger charge is -2.08. The predicted molar refractivity (Wildman–Crippen MR) is 51.1 cm³/mol. The average molecular weight is 216 g/mol. The molecule has 0 aliphatic carbocycles. The number of ether oxygens (including phenoxy) is 1. The van der Waals surface area contributed by atoms with E-state index in [1.165, 1.54) is 13.1 Å². The van der Waals surface area contributed by atoms with E-state index in [1.807, 2.05) is 0 Å². The zero-order chi connectivity index (χ0) is 10.6. The molecule has 0 fully saturated rings. The molecule has 0 aliphatic heterocycles. The smallest absolute Gasteiger partial charge is 0.332 e. The van der Waals surface area contributed by atoms with Crippen LogP contribution in [0.1, 0.15) is 12.5 Å². The molecule has 1 N–H and O–H groups in total. The number of pyridine rings is 1. The molecule has 0 bridgehead atoms. The van der Waals surface area contributed by atoms with Gasteiger partial charge in [0.05, 0.1) is 11.6 Å². The molecule has 0 amide bonds. The summed E-state index contributed by atoms with van der Waals surface area (Å²) in [5, 5.41) is 9.04. The minimum absolute atomic E-state index is 0.175. The first kappa shape index (κ1) is 10.9. The number of halogens is 1. The Hall–Kier alpha value is -1.13. The standard InChI is InChI=1S/C9H10ClNO3/c1-6(9(12)13)14-5-7-2-3-11-4-8(7)10/h2-4,6H,5H2,1H3,(H,12,13)/t6-/m0/s1. The highest BCUT2D eigenvalue weighted by Gasteiger charge is 2.11. The van der Waals surface area contributed by atoms with Crippen molar-refractivity contribution in [2.24, 2.45) is 0 Å². The van der Waals surface area contributed by atoms with Crippen LogP contribution in [0.5, 0.6) is 0 Å². The molecule has 0 radical (unpaired) electrons. The number of carbonyl (C=O) groups is 1. The number of aliphatic carboxylic acids is 1. The molecule has 1 heterocycles. The van der Waals surface area contributed by atoms with Gasteiger partial charge >= 0.3 is 5.97 Å². The van der Waals surface area contributed by atoms with E-state index in [0.717, 1.165) is 5.56 Å². The molecule has 0 aromatic carbocycles. The van der Waals surface area contributed by atoms with Gasteiger partial charge in [0.15, 0.2) is 6.10 Å². The maximum absolute atomic E-state index is 10.4. The molecule has 0 unspecified atom stereocenters. The Kier molecular flexibility index (Phi) is 3.85. The zero-order valence-electron chi connectivity index (χ0n) is 7.61. The van der Waals surface area contributed by atoms with Gasteiger partial charge in [0.25, 0.3) is 0 Å². The molecule has 5 heteroatoms. The van der Waals surface area contributed by atoms with Crippen molar-refractivity contribution in [2.75, 3.05) is 0 Å². The molecule has 0 saturated carbocycles. The van der Waals surface area contributed by atoms with Crippen LogP contribution in [0, 0.1) is 0 Å². The summed E-state index contributed by atoms with van der Waals surface area (Å²) < 4.78 is 5.06. The summed E-state index contributed by atoms with van der Waals surface area (Å²) in [6.07, 6.45) is 2.24. The third kappa shape index (κ3) is 2.97. The van der Waals surface area contributed by atoms with Crippen LogP contribution in [0.4, 0.5) is 0 Å². The molecule has 1 rings (SSSR count). The van der Waals surface area contributed by atoms with Gasteiger partial charge in [-0.1, -0.05) is 11.6 Å². The van der Waals surface area contributed by atoms with Crippen molar-refractivity contribution in [2.45, 2.75) is 19.6 Å². The summed E-state index contributed by atoms with van der Waals surface area (Å²) >= 11 is 5.80. The molecule has 0 spiro atoms. The fraction of sp³-hybridized carbons (Fsp3) is 0.333. The van der Waals surface area contributed by atoms with Gasteiger partial charge in [0.1, 0.15) is 0 Å². The van der Waals surface area contributed by atoms with E-state index >= 15 is 0 Å². The predicted octanol–water partition coefficient (Wildman–Crippen LogP) is 1.72. The van der Waals surface area contributed by atoms with Crippen LogP contribution in [-0.4, -0.2) is 22.2 Å². The first-order valence-electron chi connectivity index (χ1n) is 4.04. The molecule has 0 aliphatic rings. The molecule has 1 aromatic rings. The Morgan fingerprint density at radius 3 is 3.07 bits per heavy atom. The lowest BCUT2D eigenvalue weighted by atomic mass is 10.3. The summed E-state index contributed by atoms with van der Waals surface area (Å²) in [7, 11) is 0. The molecule has 14 heavy (non-hydrogen) atoms. The summed E-state index contributed by atoms with van der Waals surface area (Å²) in [6, 6.07) is 1.69. The summed E-state index contributed by atoms with van der Waals surface area (Å²) in [5.41, 5.74) is 0.731. The third-order valence-electron chi connectivity index (χ3n) is 1.69. The van der Waals surface area contributed by atoms with Gasteiger partial charge in [-0.25, -0.2) is 4.79 Å². The summed E-state index contributed by atoms with van der Waals surface area (Å²) in [4.78, 5) is 14.2. The molecular weight excluding hydrogens is 206 g/mol. The second-order valence-corrected chi connectivity index (χ2v) is 3.17. The van der Waals surface area contributed by atoms with E-state index in [-0.39, 0.29) is 6.61 Å². The number of carboxylic acids is 1. The minimum atomic E-state index is -0.991. The lowest BCUT2D eigenvalue weighted by molar-refractivity contribution is -0.149. The van der Waals surface area contributed by atoms with E-state index in [4.69, 9.17) is 21.4 Å². The van der Waals surface area contributed by atoms with Crippen LogP contribution in [0.15, 0.2) is 18.5 Å². The van der Waals surface area contributed by atoms with Gasteiger partial charge in [-0.05, 0) is 18.6 Å². The van der Waals surface area contributed by atoms with Crippen molar-refractivity contribution in [3.63, 3.8) is 0 Å². The highest BCUT2D eigenvalue weighted by molar-refractivity contribution is 6.31. The molecule has 1 aromatic heterocycles. The number of carboxylic acid groups (broad SMARTS) is 1. The van der Waals surface area contributed by atoms with Gasteiger partial charge < -0.3 is 9.84 Å². The van der Waals surface area contributed by atoms with E-state index in [0.29, 0.717) is 5.02 Å². The second-order valence-electron chi connectivity index (χ2n) is 2.76. The van der Waals surface area contributed by atoms with Crippen LogP contribution in [-0.2, 0) is 16.1 Å². The molecule has 0 saturated heterocycles. The first-order valence-corrected chi connectivity index (χ1v) is 4.42. The lowest BCUT2D eigenvalue weighted by Crippen LogP contribution is -2.19. The van der Waals surface area contributed by atoms with Crippen LogP contribution >= 0.6 is 11.6 Å². The van der Waals surface area contributed by atoms with Gasteiger partial charge in [-0.15, -0.1) is 0 Å². The maximum Gasteiger partial charge on any atom is 0.332 e. The summed E-state index contributed by atoms with van der Waals surface area (Å²) in [6.45, 7) is 1.65. The van der Waals surface area contributed by atoms with Crippen LogP contribution in [0.25, 0.3) is 0 Å². The molecule has 76 valence electrons. The Morgan fingerprint density at radius 2 is 2.50 bits per heavy atom. The second kappa shape index (κ2) is 4.93. The fourth-order valence-corrected chi connectivity index (χ4v) is 0.981. The SMILES string of the molecule is C[C@H](OCc1ccncc1Cl)C(=O)O. The topological polar surface area (TPSA) is 59.4 Å². The highest BCUT2D eigenvalue weighted by atomic mass is 35.5. The van der Waals surface area contributed by atoms with Gasteiger partial charge in [0.2, 0.25) is 0 Å². The minimum Gasteiger partial charge on any atom is -0.479 e. The Morgan fingerprint density at radius 1 is 1.79 bits per heavy atom.